The summed E-state index contributed by atoms with van der Waals surface area (Å²) in [5.74, 6) is 0. The van der Waals surface area contributed by atoms with Crippen LogP contribution in [0.2, 0.25) is 0 Å². The van der Waals surface area contributed by atoms with E-state index >= 15 is 0 Å². The summed E-state index contributed by atoms with van der Waals surface area (Å²) < 4.78 is 0. The Balaban J connectivity index is 0. The molecule has 0 aromatic carbocycles. The van der Waals surface area contributed by atoms with Crippen molar-refractivity contribution < 1.29 is 17.4 Å². The molecular formula is H8AlCaCrLiMg. The first kappa shape index (κ1) is 37.8. The summed E-state index contributed by atoms with van der Waals surface area (Å²) in [6, 6.07) is 0. The standard InChI is InChI=1S/Al.Ca.Cr.Li.Mg.8H. The van der Waals surface area contributed by atoms with E-state index in [1.807, 2.05) is 0 Å². The summed E-state index contributed by atoms with van der Waals surface area (Å²) in [6.45, 7) is 0. The summed E-state index contributed by atoms with van der Waals surface area (Å²) in [5, 5.41) is 0. The van der Waals surface area contributed by atoms with Crippen molar-refractivity contribution in [1.29, 1.82) is 0 Å². The molecule has 22 valence electrons. The minimum Gasteiger partial charge on any atom is 0.316 e. The molecule has 0 unspecified atom stereocenters. The van der Waals surface area contributed by atoms with Crippen LogP contribution < -0.4 is 0 Å². The zero-order valence-corrected chi connectivity index (χ0v) is 1.68. The average Bonchev–Trinajstić information content (AvgIpc) is 0. The topological polar surface area (TPSA) is 0 Å². The molecule has 0 aromatic rings. The van der Waals surface area contributed by atoms with E-state index in [9.17, 15) is 0 Å². The average molecular weight is 158 g/mol. The van der Waals surface area contributed by atoms with Crippen LogP contribution in [0, 0.1) is 0 Å². The van der Waals surface area contributed by atoms with Crippen molar-refractivity contribution in [3.63, 3.8) is 0 Å². The first-order chi connectivity index (χ1) is 0. The molecule has 0 rings (SSSR count). The molecular weight excluding hydrogens is 150 g/mol. The third-order valence-corrected chi connectivity index (χ3v) is 0. The normalized spacial score (nSPS) is 0. The Morgan fingerprint density at radius 3 is 1.00 bits per heavy atom. The van der Waals surface area contributed by atoms with Crippen molar-refractivity contribution in [2.24, 2.45) is 0 Å². The van der Waals surface area contributed by atoms with Crippen LogP contribution in [0.4, 0.5) is 0 Å². The molecule has 0 aliphatic carbocycles. The van der Waals surface area contributed by atoms with Crippen molar-refractivity contribution in [3.8, 4) is 0 Å². The quantitative estimate of drug-likeness (QED) is 0.319. The van der Waals surface area contributed by atoms with Gasteiger partial charge < -0.3 is 0 Å². The fraction of sp³-hybridized carbons (Fsp3) is 0. The predicted octanol–water partition coefficient (Wildman–Crippen LogP) is -3.67. The molecule has 0 saturated heterocycles. The van der Waals surface area contributed by atoms with Gasteiger partial charge in [-0.1, -0.05) is 0 Å². The fourth-order valence-corrected chi connectivity index (χ4v) is 0. The van der Waals surface area contributed by atoms with Crippen molar-refractivity contribution in [2.45, 2.75) is 0 Å². The molecule has 0 atom stereocenters. The van der Waals surface area contributed by atoms with Gasteiger partial charge in [0.1, 0.15) is 0 Å². The Hall–Kier alpha value is 3.69. The Labute approximate surface area is 112 Å². The zero-order valence-electron chi connectivity index (χ0n) is 0.408. The summed E-state index contributed by atoms with van der Waals surface area (Å²) >= 11 is 0. The first-order valence-corrected chi connectivity index (χ1v) is 0. The van der Waals surface area contributed by atoms with Gasteiger partial charge in [0.2, 0.25) is 0 Å². The van der Waals surface area contributed by atoms with Crippen molar-refractivity contribution >= 4 is 97.0 Å². The zero-order chi connectivity index (χ0) is 0. The summed E-state index contributed by atoms with van der Waals surface area (Å²) in [4.78, 5) is 0. The molecule has 0 aromatic heterocycles. The second kappa shape index (κ2) is 25.3. The minimum atomic E-state index is 0. The monoisotopic (exact) mass is 158 g/mol. The fourth-order valence-electron chi connectivity index (χ4n) is 0. The van der Waals surface area contributed by atoms with Crippen LogP contribution in [0.3, 0.4) is 0 Å². The number of hydrogen-bond donors (Lipinski definition) is 0. The molecule has 0 saturated carbocycles. The molecule has 0 spiro atoms. The van der Waals surface area contributed by atoms with Gasteiger partial charge in [-0.3, -0.25) is 0 Å². The Morgan fingerprint density at radius 2 is 1.00 bits per heavy atom. The van der Waals surface area contributed by atoms with Gasteiger partial charge in [-0.25, -0.2) is 0 Å². The van der Waals surface area contributed by atoms with E-state index in [4.69, 9.17) is 0 Å². The van der Waals surface area contributed by atoms with Gasteiger partial charge in [0.25, 0.3) is 0 Å². The van der Waals surface area contributed by atoms with Crippen molar-refractivity contribution in [1.82, 2.24) is 0 Å². The summed E-state index contributed by atoms with van der Waals surface area (Å²) in [6.07, 6.45) is 0. The molecule has 0 radical (unpaired) electrons. The third kappa shape index (κ3) is 18.3. The van der Waals surface area contributed by atoms with Crippen molar-refractivity contribution in [3.05, 3.63) is 0 Å². The maximum Gasteiger partial charge on any atom is 0.316 e. The van der Waals surface area contributed by atoms with E-state index in [-0.39, 0.29) is 114 Å². The largest absolute Gasteiger partial charge is 0.316 e. The Bertz CT molecular complexity index is 11.6. The van der Waals surface area contributed by atoms with Crippen molar-refractivity contribution in [2.75, 3.05) is 0 Å². The van der Waals surface area contributed by atoms with Crippen LogP contribution in [0.25, 0.3) is 0 Å². The summed E-state index contributed by atoms with van der Waals surface area (Å²) in [5.41, 5.74) is 0. The SMILES string of the molecule is [AlH3].[CaH2].[Cr].[LiH].[MgH2]. The molecule has 0 fully saturated rings. The third-order valence-electron chi connectivity index (χ3n) is 0. The van der Waals surface area contributed by atoms with Gasteiger partial charge in [0, 0.05) is 17.4 Å². The number of hydrogen-bond acceptors (Lipinski definition) is 0. The van der Waals surface area contributed by atoms with E-state index < -0.39 is 0 Å². The molecule has 0 amide bonds. The predicted molar refractivity (Wildman–Crippen MR) is 34.2 cm³/mol. The molecule has 5 heavy (non-hydrogen) atoms. The number of rotatable bonds is 0. The molecule has 0 aliphatic rings. The van der Waals surface area contributed by atoms with Gasteiger partial charge in [-0.15, -0.1) is 0 Å². The van der Waals surface area contributed by atoms with Gasteiger partial charge in [0.15, 0.2) is 17.4 Å². The van der Waals surface area contributed by atoms with E-state index in [1.54, 1.807) is 0 Å². The van der Waals surface area contributed by atoms with Gasteiger partial charge in [0.05, 0.1) is 0 Å². The molecule has 0 bridgehead atoms. The molecule has 0 aliphatic heterocycles. The van der Waals surface area contributed by atoms with Gasteiger partial charge in [-0.05, 0) is 0 Å². The van der Waals surface area contributed by atoms with Crippen LogP contribution in [0.5, 0.6) is 0 Å². The second-order valence-electron chi connectivity index (χ2n) is 0. The molecule has 0 heterocycles. The smallest absolute Gasteiger partial charge is 0.316 e. The Kier molecular flexibility index (Phi) is 191. The van der Waals surface area contributed by atoms with E-state index in [1.165, 1.54) is 0 Å². The van der Waals surface area contributed by atoms with Crippen LogP contribution in [-0.4, -0.2) is 97.0 Å². The van der Waals surface area contributed by atoms with Crippen LogP contribution in [0.15, 0.2) is 0 Å². The van der Waals surface area contributed by atoms with Crippen LogP contribution in [-0.2, 0) is 17.4 Å². The molecule has 0 N–H and O–H groups in total. The van der Waals surface area contributed by atoms with E-state index in [2.05, 4.69) is 0 Å². The summed E-state index contributed by atoms with van der Waals surface area (Å²) in [7, 11) is 0. The van der Waals surface area contributed by atoms with E-state index in [0.29, 0.717) is 0 Å². The van der Waals surface area contributed by atoms with Gasteiger partial charge >= 0.3 is 79.7 Å². The molecule has 0 nitrogen and oxygen atoms in total. The molecule has 5 heteroatoms. The first-order valence-electron chi connectivity index (χ1n) is 0. The van der Waals surface area contributed by atoms with Crippen LogP contribution >= 0.6 is 0 Å². The second-order valence-corrected chi connectivity index (χ2v) is 0. The van der Waals surface area contributed by atoms with E-state index in [0.717, 1.165) is 0 Å². The van der Waals surface area contributed by atoms with Gasteiger partial charge in [-0.2, -0.15) is 0 Å². The Morgan fingerprint density at radius 1 is 1.00 bits per heavy atom. The maximum atomic E-state index is 0. The minimum absolute atomic E-state index is 0. The van der Waals surface area contributed by atoms with Crippen LogP contribution in [0.1, 0.15) is 0 Å². The maximum absolute atomic E-state index is 0.